The topological polar surface area (TPSA) is 87.6 Å². The maximum Gasteiger partial charge on any atom is 0.251 e. The fourth-order valence-electron chi connectivity index (χ4n) is 2.06. The Kier molecular flexibility index (Phi) is 3.98. The molecule has 0 unspecified atom stereocenters. The van der Waals surface area contributed by atoms with Gasteiger partial charge in [0.15, 0.2) is 0 Å². The third kappa shape index (κ3) is 2.60. The van der Waals surface area contributed by atoms with Crippen molar-refractivity contribution in [1.29, 1.82) is 0 Å². The highest BCUT2D eigenvalue weighted by atomic mass is 19.1. The van der Waals surface area contributed by atoms with Gasteiger partial charge in [-0.3, -0.25) is 4.79 Å². The lowest BCUT2D eigenvalue weighted by Gasteiger charge is -2.14. The largest absolute Gasteiger partial charge is 0.496 e. The second kappa shape index (κ2) is 5.70. The molecule has 5 nitrogen and oxygen atoms in total. The second-order valence-electron chi connectivity index (χ2n) is 4.33. The van der Waals surface area contributed by atoms with Crippen molar-refractivity contribution in [3.63, 3.8) is 0 Å². The average Bonchev–Trinajstić information content (AvgIpc) is 2.47. The van der Waals surface area contributed by atoms with Crippen LogP contribution in [0.25, 0.3) is 11.1 Å². The fourth-order valence-corrected chi connectivity index (χ4v) is 2.06. The summed E-state index contributed by atoms with van der Waals surface area (Å²) in [6, 6.07) is 7.47. The van der Waals surface area contributed by atoms with Gasteiger partial charge in [0, 0.05) is 17.2 Å². The van der Waals surface area contributed by atoms with Gasteiger partial charge in [-0.2, -0.15) is 0 Å². The van der Waals surface area contributed by atoms with Gasteiger partial charge in [0.05, 0.1) is 25.5 Å². The molecule has 6 heteroatoms. The number of carbonyl (C=O) groups excluding carboxylic acids is 1. The highest BCUT2D eigenvalue weighted by molar-refractivity contribution is 5.95. The van der Waals surface area contributed by atoms with Gasteiger partial charge < -0.3 is 20.9 Å². The Morgan fingerprint density at radius 2 is 1.76 bits per heavy atom. The molecule has 0 saturated carbocycles. The molecule has 2 rings (SSSR count). The second-order valence-corrected chi connectivity index (χ2v) is 4.33. The molecule has 0 bridgehead atoms. The number of hydrogen-bond donors (Lipinski definition) is 2. The summed E-state index contributed by atoms with van der Waals surface area (Å²) >= 11 is 0. The van der Waals surface area contributed by atoms with Crippen LogP contribution in [-0.4, -0.2) is 20.1 Å². The standard InChI is InChI=1S/C15H15FN2O3/c1-20-12-7-11(17)13(21-2)6-10(12)8-4-3-5-9(14(8)16)15(18)19/h3-7H,17H2,1-2H3,(H2,18,19). The van der Waals surface area contributed by atoms with Crippen molar-refractivity contribution >= 4 is 11.6 Å². The van der Waals surface area contributed by atoms with Crippen LogP contribution < -0.4 is 20.9 Å². The minimum atomic E-state index is -0.837. The zero-order chi connectivity index (χ0) is 15.6. The van der Waals surface area contributed by atoms with Crippen LogP contribution in [0.1, 0.15) is 10.4 Å². The highest BCUT2D eigenvalue weighted by Crippen LogP contribution is 2.38. The zero-order valence-electron chi connectivity index (χ0n) is 11.6. The van der Waals surface area contributed by atoms with Crippen LogP contribution in [0, 0.1) is 5.82 Å². The maximum absolute atomic E-state index is 14.4. The third-order valence-corrected chi connectivity index (χ3v) is 3.11. The Morgan fingerprint density at radius 1 is 1.10 bits per heavy atom. The number of nitrogen functional groups attached to an aromatic ring is 1. The first-order valence-electron chi connectivity index (χ1n) is 6.09. The number of methoxy groups -OCH3 is 2. The van der Waals surface area contributed by atoms with Gasteiger partial charge in [0.1, 0.15) is 17.3 Å². The van der Waals surface area contributed by atoms with Gasteiger partial charge >= 0.3 is 0 Å². The number of halogens is 1. The minimum absolute atomic E-state index is 0.182. The number of carbonyl (C=O) groups is 1. The summed E-state index contributed by atoms with van der Waals surface area (Å²) < 4.78 is 24.8. The van der Waals surface area contributed by atoms with Crippen molar-refractivity contribution in [1.82, 2.24) is 0 Å². The van der Waals surface area contributed by atoms with Gasteiger partial charge in [-0.05, 0) is 12.1 Å². The Bertz CT molecular complexity index is 702. The molecule has 4 N–H and O–H groups in total. The normalized spacial score (nSPS) is 10.2. The first-order valence-corrected chi connectivity index (χ1v) is 6.09. The van der Waals surface area contributed by atoms with Crippen molar-refractivity contribution in [2.75, 3.05) is 20.0 Å². The van der Waals surface area contributed by atoms with E-state index in [9.17, 15) is 9.18 Å². The van der Waals surface area contributed by atoms with E-state index in [1.165, 1.54) is 32.4 Å². The number of amides is 1. The van der Waals surface area contributed by atoms with Crippen LogP contribution in [0.5, 0.6) is 11.5 Å². The third-order valence-electron chi connectivity index (χ3n) is 3.11. The quantitative estimate of drug-likeness (QED) is 0.845. The van der Waals surface area contributed by atoms with E-state index in [0.29, 0.717) is 22.7 Å². The number of rotatable bonds is 4. The number of anilines is 1. The van der Waals surface area contributed by atoms with Crippen LogP contribution in [-0.2, 0) is 0 Å². The number of primary amides is 1. The van der Waals surface area contributed by atoms with E-state index in [1.807, 2.05) is 0 Å². The van der Waals surface area contributed by atoms with E-state index in [2.05, 4.69) is 0 Å². The van der Waals surface area contributed by atoms with Crippen molar-refractivity contribution in [3.8, 4) is 22.6 Å². The molecule has 0 aliphatic rings. The van der Waals surface area contributed by atoms with Crippen LogP contribution in [0.2, 0.25) is 0 Å². The molecular formula is C15H15FN2O3. The number of ether oxygens (including phenoxy) is 2. The molecular weight excluding hydrogens is 275 g/mol. The summed E-state index contributed by atoms with van der Waals surface area (Å²) in [6.07, 6.45) is 0. The summed E-state index contributed by atoms with van der Waals surface area (Å²) in [4.78, 5) is 11.2. The molecule has 0 aliphatic carbocycles. The van der Waals surface area contributed by atoms with E-state index in [4.69, 9.17) is 20.9 Å². The van der Waals surface area contributed by atoms with Gasteiger partial charge in [0.25, 0.3) is 5.91 Å². The first kappa shape index (κ1) is 14.6. The SMILES string of the molecule is COc1cc(-c2cccc(C(N)=O)c2F)c(OC)cc1N. The van der Waals surface area contributed by atoms with E-state index in [-0.39, 0.29) is 11.1 Å². The molecule has 2 aromatic rings. The lowest BCUT2D eigenvalue weighted by Crippen LogP contribution is -2.13. The summed E-state index contributed by atoms with van der Waals surface area (Å²) in [6.45, 7) is 0. The molecule has 0 radical (unpaired) electrons. The highest BCUT2D eigenvalue weighted by Gasteiger charge is 2.18. The average molecular weight is 290 g/mol. The Labute approximate surface area is 121 Å². The smallest absolute Gasteiger partial charge is 0.251 e. The van der Waals surface area contributed by atoms with Crippen molar-refractivity contribution in [3.05, 3.63) is 41.7 Å². The number of hydrogen-bond acceptors (Lipinski definition) is 4. The fraction of sp³-hybridized carbons (Fsp3) is 0.133. The molecule has 21 heavy (non-hydrogen) atoms. The van der Waals surface area contributed by atoms with Gasteiger partial charge in [-0.1, -0.05) is 12.1 Å². The van der Waals surface area contributed by atoms with Gasteiger partial charge in [-0.15, -0.1) is 0 Å². The Balaban J connectivity index is 2.72. The predicted molar refractivity (Wildman–Crippen MR) is 77.9 cm³/mol. The van der Waals surface area contributed by atoms with E-state index < -0.39 is 11.7 Å². The lowest BCUT2D eigenvalue weighted by molar-refractivity contribution is 0.0996. The maximum atomic E-state index is 14.4. The van der Waals surface area contributed by atoms with Crippen molar-refractivity contribution in [2.45, 2.75) is 0 Å². The van der Waals surface area contributed by atoms with Gasteiger partial charge in [-0.25, -0.2) is 4.39 Å². The van der Waals surface area contributed by atoms with Crippen LogP contribution in [0.15, 0.2) is 30.3 Å². The molecule has 0 saturated heterocycles. The monoisotopic (exact) mass is 290 g/mol. The molecule has 0 fully saturated rings. The first-order chi connectivity index (χ1) is 9.99. The Morgan fingerprint density at radius 3 is 2.33 bits per heavy atom. The van der Waals surface area contributed by atoms with Gasteiger partial charge in [0.2, 0.25) is 0 Å². The molecule has 110 valence electrons. The number of benzene rings is 2. The summed E-state index contributed by atoms with van der Waals surface area (Å²) in [7, 11) is 2.90. The summed E-state index contributed by atoms with van der Waals surface area (Å²) in [5.74, 6) is -0.797. The van der Waals surface area contributed by atoms with E-state index >= 15 is 0 Å². The predicted octanol–water partition coefficient (Wildman–Crippen LogP) is 2.19. The molecule has 0 heterocycles. The minimum Gasteiger partial charge on any atom is -0.496 e. The van der Waals surface area contributed by atoms with Crippen molar-refractivity contribution < 1.29 is 18.7 Å². The summed E-state index contributed by atoms with van der Waals surface area (Å²) in [5.41, 5.74) is 11.7. The molecule has 1 amide bonds. The summed E-state index contributed by atoms with van der Waals surface area (Å²) in [5, 5.41) is 0. The van der Waals surface area contributed by atoms with Crippen LogP contribution in [0.3, 0.4) is 0 Å². The van der Waals surface area contributed by atoms with Crippen LogP contribution >= 0.6 is 0 Å². The Hall–Kier alpha value is -2.76. The molecule has 2 aromatic carbocycles. The van der Waals surface area contributed by atoms with Crippen molar-refractivity contribution in [2.24, 2.45) is 5.73 Å². The van der Waals surface area contributed by atoms with Crippen LogP contribution in [0.4, 0.5) is 10.1 Å². The zero-order valence-corrected chi connectivity index (χ0v) is 11.6. The molecule has 0 spiro atoms. The number of nitrogens with two attached hydrogens (primary N) is 2. The van der Waals surface area contributed by atoms with E-state index in [0.717, 1.165) is 0 Å². The molecule has 0 aliphatic heterocycles. The molecule has 0 aromatic heterocycles. The lowest BCUT2D eigenvalue weighted by atomic mass is 10.00. The van der Waals surface area contributed by atoms with E-state index in [1.54, 1.807) is 12.1 Å². The molecule has 0 atom stereocenters.